The van der Waals surface area contributed by atoms with Crippen molar-refractivity contribution in [3.05, 3.63) is 59.7 Å². The predicted octanol–water partition coefficient (Wildman–Crippen LogP) is 3.22. The summed E-state index contributed by atoms with van der Waals surface area (Å²) in [5.41, 5.74) is 0.873. The Hall–Kier alpha value is -2.67. The summed E-state index contributed by atoms with van der Waals surface area (Å²) in [5.74, 6) is -0.487. The highest BCUT2D eigenvalue weighted by Crippen LogP contribution is 2.21. The van der Waals surface area contributed by atoms with E-state index in [0.717, 1.165) is 6.42 Å². The molecule has 2 rings (SSSR count). The SMILES string of the molecule is CC[C@H](C)NC(=O)c1ccccc1NS(=O)(=O)c1ccc(C(C)=O)cc1. The molecule has 26 heavy (non-hydrogen) atoms. The molecule has 0 heterocycles. The first-order valence-corrected chi connectivity index (χ1v) is 9.76. The van der Waals surface area contributed by atoms with Crippen LogP contribution in [0.3, 0.4) is 0 Å². The molecule has 0 saturated carbocycles. The van der Waals surface area contributed by atoms with Crippen LogP contribution in [0.5, 0.6) is 0 Å². The van der Waals surface area contributed by atoms with E-state index in [4.69, 9.17) is 0 Å². The monoisotopic (exact) mass is 374 g/mol. The number of carbonyl (C=O) groups excluding carboxylic acids is 2. The fourth-order valence-corrected chi connectivity index (χ4v) is 3.33. The minimum Gasteiger partial charge on any atom is -0.350 e. The van der Waals surface area contributed by atoms with Crippen LogP contribution in [0.25, 0.3) is 0 Å². The van der Waals surface area contributed by atoms with Crippen molar-refractivity contribution in [2.75, 3.05) is 4.72 Å². The van der Waals surface area contributed by atoms with Crippen molar-refractivity contribution in [1.29, 1.82) is 0 Å². The number of carbonyl (C=O) groups is 2. The zero-order valence-corrected chi connectivity index (χ0v) is 15.8. The standard InChI is InChI=1S/C19H22N2O4S/c1-4-13(2)20-19(23)17-7-5-6-8-18(17)21-26(24,25)16-11-9-15(10-12-16)14(3)22/h5-13,21H,4H2,1-3H3,(H,20,23)/t13-/m0/s1. The number of hydrogen-bond acceptors (Lipinski definition) is 4. The van der Waals surface area contributed by atoms with Gasteiger partial charge in [-0.2, -0.15) is 0 Å². The topological polar surface area (TPSA) is 92.3 Å². The van der Waals surface area contributed by atoms with Gasteiger partial charge in [-0.15, -0.1) is 0 Å². The van der Waals surface area contributed by atoms with Crippen LogP contribution in [-0.4, -0.2) is 26.2 Å². The minimum absolute atomic E-state index is 0.0136. The van der Waals surface area contributed by atoms with Crippen LogP contribution in [-0.2, 0) is 10.0 Å². The van der Waals surface area contributed by atoms with Gasteiger partial charge < -0.3 is 5.32 Å². The highest BCUT2D eigenvalue weighted by molar-refractivity contribution is 7.92. The summed E-state index contributed by atoms with van der Waals surface area (Å²) in [5, 5.41) is 2.82. The third-order valence-electron chi connectivity index (χ3n) is 3.98. The average molecular weight is 374 g/mol. The van der Waals surface area contributed by atoms with Gasteiger partial charge in [-0.25, -0.2) is 8.42 Å². The number of ketones is 1. The highest BCUT2D eigenvalue weighted by atomic mass is 32.2. The molecule has 0 aliphatic heterocycles. The maximum atomic E-state index is 12.6. The average Bonchev–Trinajstić information content (AvgIpc) is 2.61. The van der Waals surface area contributed by atoms with Crippen LogP contribution in [0.15, 0.2) is 53.4 Å². The molecule has 0 aliphatic rings. The number of para-hydroxylation sites is 1. The van der Waals surface area contributed by atoms with Gasteiger partial charge in [0.1, 0.15) is 0 Å². The maximum Gasteiger partial charge on any atom is 0.261 e. The van der Waals surface area contributed by atoms with Crippen molar-refractivity contribution < 1.29 is 18.0 Å². The third kappa shape index (κ3) is 4.70. The van der Waals surface area contributed by atoms with Crippen molar-refractivity contribution >= 4 is 27.4 Å². The molecule has 0 radical (unpaired) electrons. The molecule has 2 N–H and O–H groups in total. The molecule has 1 amide bonds. The summed E-state index contributed by atoms with van der Waals surface area (Å²) < 4.78 is 27.7. The van der Waals surface area contributed by atoms with Gasteiger partial charge in [-0.1, -0.05) is 31.2 Å². The first-order valence-electron chi connectivity index (χ1n) is 8.28. The van der Waals surface area contributed by atoms with Gasteiger partial charge in [0.2, 0.25) is 0 Å². The van der Waals surface area contributed by atoms with E-state index in [2.05, 4.69) is 10.0 Å². The Kier molecular flexibility index (Phi) is 6.15. The smallest absolute Gasteiger partial charge is 0.261 e. The Morgan fingerprint density at radius 3 is 2.23 bits per heavy atom. The largest absolute Gasteiger partial charge is 0.350 e. The lowest BCUT2D eigenvalue weighted by molar-refractivity contribution is 0.0939. The Labute approximate surface area is 153 Å². The molecule has 1 atom stereocenters. The molecule has 0 unspecified atom stereocenters. The summed E-state index contributed by atoms with van der Waals surface area (Å²) in [4.78, 5) is 23.7. The molecular weight excluding hydrogens is 352 g/mol. The molecular formula is C19H22N2O4S. The summed E-state index contributed by atoms with van der Waals surface area (Å²) in [6.07, 6.45) is 0.766. The lowest BCUT2D eigenvalue weighted by Gasteiger charge is -2.15. The normalized spacial score (nSPS) is 12.3. The number of Topliss-reactive ketones (excluding diaryl/α,β-unsaturated/α-hetero) is 1. The lowest BCUT2D eigenvalue weighted by atomic mass is 10.1. The number of rotatable bonds is 7. The van der Waals surface area contributed by atoms with Crippen LogP contribution in [0, 0.1) is 0 Å². The Bertz CT molecular complexity index is 905. The molecule has 0 fully saturated rings. The summed E-state index contributed by atoms with van der Waals surface area (Å²) in [7, 11) is -3.89. The van der Waals surface area contributed by atoms with Crippen molar-refractivity contribution in [3.63, 3.8) is 0 Å². The van der Waals surface area contributed by atoms with Crippen molar-refractivity contribution in [1.82, 2.24) is 5.32 Å². The van der Waals surface area contributed by atoms with Crippen molar-refractivity contribution in [2.45, 2.75) is 38.1 Å². The Morgan fingerprint density at radius 1 is 1.04 bits per heavy atom. The molecule has 138 valence electrons. The van der Waals surface area contributed by atoms with E-state index in [1.165, 1.54) is 37.3 Å². The number of nitrogens with one attached hydrogen (secondary N) is 2. The second-order valence-corrected chi connectivity index (χ2v) is 7.70. The van der Waals surface area contributed by atoms with E-state index in [-0.39, 0.29) is 33.9 Å². The fourth-order valence-electron chi connectivity index (χ4n) is 2.25. The molecule has 0 aliphatic carbocycles. The quantitative estimate of drug-likeness (QED) is 0.728. The first kappa shape index (κ1) is 19.7. The number of benzene rings is 2. The molecule has 0 bridgehead atoms. The zero-order chi connectivity index (χ0) is 19.3. The van der Waals surface area contributed by atoms with Crippen LogP contribution in [0.1, 0.15) is 47.9 Å². The number of hydrogen-bond donors (Lipinski definition) is 2. The van der Waals surface area contributed by atoms with Gasteiger partial charge >= 0.3 is 0 Å². The summed E-state index contributed by atoms with van der Waals surface area (Å²) in [6.45, 7) is 5.24. The van der Waals surface area contributed by atoms with E-state index in [1.54, 1.807) is 18.2 Å². The van der Waals surface area contributed by atoms with Gasteiger partial charge in [-0.05, 0) is 44.5 Å². The van der Waals surface area contributed by atoms with E-state index >= 15 is 0 Å². The van der Waals surface area contributed by atoms with Crippen LogP contribution >= 0.6 is 0 Å². The zero-order valence-electron chi connectivity index (χ0n) is 14.9. The number of anilines is 1. The van der Waals surface area contributed by atoms with Crippen molar-refractivity contribution in [2.24, 2.45) is 0 Å². The van der Waals surface area contributed by atoms with Gasteiger partial charge in [0.05, 0.1) is 16.1 Å². The molecule has 7 heteroatoms. The van der Waals surface area contributed by atoms with Gasteiger partial charge in [-0.3, -0.25) is 14.3 Å². The summed E-state index contributed by atoms with van der Waals surface area (Å²) in [6, 6.07) is 12.0. The maximum absolute atomic E-state index is 12.6. The Balaban J connectivity index is 2.29. The second-order valence-electron chi connectivity index (χ2n) is 6.01. The van der Waals surface area contributed by atoms with Gasteiger partial charge in [0.25, 0.3) is 15.9 Å². The van der Waals surface area contributed by atoms with Gasteiger partial charge in [0, 0.05) is 11.6 Å². The van der Waals surface area contributed by atoms with E-state index in [1.807, 2.05) is 13.8 Å². The highest BCUT2D eigenvalue weighted by Gasteiger charge is 2.19. The van der Waals surface area contributed by atoms with E-state index in [0.29, 0.717) is 5.56 Å². The number of sulfonamides is 1. The van der Waals surface area contributed by atoms with Crippen LogP contribution in [0.2, 0.25) is 0 Å². The molecule has 0 spiro atoms. The minimum atomic E-state index is -3.89. The second kappa shape index (κ2) is 8.14. The third-order valence-corrected chi connectivity index (χ3v) is 5.36. The molecule has 0 aromatic heterocycles. The fraction of sp³-hybridized carbons (Fsp3) is 0.263. The van der Waals surface area contributed by atoms with Crippen LogP contribution in [0.4, 0.5) is 5.69 Å². The van der Waals surface area contributed by atoms with E-state index < -0.39 is 10.0 Å². The molecule has 0 saturated heterocycles. The van der Waals surface area contributed by atoms with Gasteiger partial charge in [0.15, 0.2) is 5.78 Å². The van der Waals surface area contributed by atoms with Crippen LogP contribution < -0.4 is 10.0 Å². The molecule has 2 aromatic rings. The predicted molar refractivity (Wildman–Crippen MR) is 101 cm³/mol. The first-order chi connectivity index (χ1) is 12.2. The Morgan fingerprint density at radius 2 is 1.65 bits per heavy atom. The number of amides is 1. The summed E-state index contributed by atoms with van der Waals surface area (Å²) >= 11 is 0. The van der Waals surface area contributed by atoms with E-state index in [9.17, 15) is 18.0 Å². The lowest BCUT2D eigenvalue weighted by Crippen LogP contribution is -2.32. The molecule has 2 aromatic carbocycles. The molecule has 6 nitrogen and oxygen atoms in total. The van der Waals surface area contributed by atoms with Crippen molar-refractivity contribution in [3.8, 4) is 0 Å².